The van der Waals surface area contributed by atoms with Crippen molar-refractivity contribution in [3.8, 4) is 11.3 Å². The molecule has 3 rings (SSSR count). The van der Waals surface area contributed by atoms with Gasteiger partial charge in [-0.25, -0.2) is 4.98 Å². The molecule has 0 aliphatic rings. The molecule has 8 heteroatoms. The van der Waals surface area contributed by atoms with Crippen molar-refractivity contribution >= 4 is 28.3 Å². The molecule has 1 atom stereocenters. The second-order valence-electron chi connectivity index (χ2n) is 6.71. The predicted octanol–water partition coefficient (Wildman–Crippen LogP) is 3.61. The first-order valence-electron chi connectivity index (χ1n) is 8.90. The van der Waals surface area contributed by atoms with Gasteiger partial charge in [-0.1, -0.05) is 24.3 Å². The minimum Gasteiger partial charge on any atom is -0.350 e. The molecule has 0 spiro atoms. The van der Waals surface area contributed by atoms with Crippen LogP contribution < -0.4 is 10.6 Å². The summed E-state index contributed by atoms with van der Waals surface area (Å²) in [6, 6.07) is 7.81. The van der Waals surface area contributed by atoms with Crippen LogP contribution in [0.1, 0.15) is 47.2 Å². The second kappa shape index (κ2) is 7.93. The Labute approximate surface area is 167 Å². The molecule has 0 unspecified atom stereocenters. The zero-order valence-corrected chi connectivity index (χ0v) is 17.3. The maximum absolute atomic E-state index is 12.6. The monoisotopic (exact) mass is 397 g/mol. The zero-order valence-electron chi connectivity index (χ0n) is 16.5. The average Bonchev–Trinajstić information content (AvgIpc) is 3.19. The van der Waals surface area contributed by atoms with E-state index in [1.54, 1.807) is 4.68 Å². The van der Waals surface area contributed by atoms with Crippen LogP contribution in [-0.4, -0.2) is 26.6 Å². The Bertz CT molecular complexity index is 1020. The van der Waals surface area contributed by atoms with E-state index < -0.39 is 0 Å². The van der Waals surface area contributed by atoms with E-state index in [9.17, 15) is 9.59 Å². The first-order valence-corrected chi connectivity index (χ1v) is 9.78. The summed E-state index contributed by atoms with van der Waals surface area (Å²) in [6.07, 6.45) is 0. The molecular formula is C20H23N5O2S. The summed E-state index contributed by atoms with van der Waals surface area (Å²) in [4.78, 5) is 28.3. The normalized spacial score (nSPS) is 11.9. The summed E-state index contributed by atoms with van der Waals surface area (Å²) < 4.78 is 1.70. The van der Waals surface area contributed by atoms with Crippen LogP contribution in [0.4, 0.5) is 5.13 Å². The molecule has 1 aromatic carbocycles. The van der Waals surface area contributed by atoms with E-state index in [1.807, 2.05) is 57.5 Å². The molecule has 0 saturated heterocycles. The first kappa shape index (κ1) is 19.8. The van der Waals surface area contributed by atoms with Gasteiger partial charge in [-0.15, -0.1) is 11.3 Å². The molecule has 2 amide bonds. The van der Waals surface area contributed by atoms with Gasteiger partial charge in [0.25, 0.3) is 5.91 Å². The largest absolute Gasteiger partial charge is 0.350 e. The van der Waals surface area contributed by atoms with Crippen molar-refractivity contribution in [2.75, 3.05) is 5.32 Å². The number of nitrogens with one attached hydrogen (secondary N) is 2. The van der Waals surface area contributed by atoms with Gasteiger partial charge in [-0.2, -0.15) is 5.10 Å². The summed E-state index contributed by atoms with van der Waals surface area (Å²) in [7, 11) is 1.82. The molecule has 0 saturated carbocycles. The van der Waals surface area contributed by atoms with Gasteiger partial charge in [0.1, 0.15) is 0 Å². The van der Waals surface area contributed by atoms with Crippen LogP contribution >= 0.6 is 11.3 Å². The quantitative estimate of drug-likeness (QED) is 0.688. The molecule has 0 bridgehead atoms. The third-order valence-corrected chi connectivity index (χ3v) is 5.34. The molecular weight excluding hydrogens is 374 g/mol. The van der Waals surface area contributed by atoms with E-state index >= 15 is 0 Å². The van der Waals surface area contributed by atoms with E-state index in [0.29, 0.717) is 16.4 Å². The zero-order chi connectivity index (χ0) is 20.4. The van der Waals surface area contributed by atoms with Crippen molar-refractivity contribution < 1.29 is 9.59 Å². The minimum absolute atomic E-state index is 0.0530. The first-order chi connectivity index (χ1) is 13.3. The second-order valence-corrected chi connectivity index (χ2v) is 7.56. The van der Waals surface area contributed by atoms with E-state index in [4.69, 9.17) is 0 Å². The van der Waals surface area contributed by atoms with E-state index in [-0.39, 0.29) is 17.9 Å². The summed E-state index contributed by atoms with van der Waals surface area (Å²) in [5, 5.41) is 12.5. The van der Waals surface area contributed by atoms with Crippen molar-refractivity contribution in [1.29, 1.82) is 0 Å². The minimum atomic E-state index is -0.205. The van der Waals surface area contributed by atoms with Gasteiger partial charge < -0.3 is 5.32 Å². The van der Waals surface area contributed by atoms with Crippen LogP contribution in [0.3, 0.4) is 0 Å². The maximum atomic E-state index is 12.6. The van der Waals surface area contributed by atoms with Gasteiger partial charge in [-0.05, 0) is 26.3 Å². The topological polar surface area (TPSA) is 88.9 Å². The van der Waals surface area contributed by atoms with E-state index in [1.165, 1.54) is 18.3 Å². The Morgan fingerprint density at radius 2 is 1.86 bits per heavy atom. The molecule has 2 heterocycles. The molecule has 3 aromatic rings. The van der Waals surface area contributed by atoms with Crippen LogP contribution in [0.2, 0.25) is 0 Å². The number of aryl methyl sites for hydroxylation is 2. The number of hydrogen-bond acceptors (Lipinski definition) is 5. The van der Waals surface area contributed by atoms with Crippen LogP contribution in [0.25, 0.3) is 11.3 Å². The Hall–Kier alpha value is -3.00. The van der Waals surface area contributed by atoms with Crippen molar-refractivity contribution in [2.45, 2.75) is 33.7 Å². The maximum Gasteiger partial charge on any atom is 0.261 e. The number of rotatable bonds is 5. The van der Waals surface area contributed by atoms with Crippen molar-refractivity contribution in [1.82, 2.24) is 20.1 Å². The lowest BCUT2D eigenvalue weighted by Crippen LogP contribution is -2.23. The lowest BCUT2D eigenvalue weighted by atomic mass is 10.1. The number of carbonyl (C=O) groups is 2. The Balaban J connectivity index is 1.73. The standard InChI is InChI=1S/C20H23N5O2S/c1-11(21-14(4)26)15-6-8-16(9-7-15)17-10-28-20(22-17)23-19(27)18-12(2)24-25(5)13(18)3/h6-11H,1-5H3,(H,21,26)(H,22,23,27)/t11-/m1/s1. The third-order valence-electron chi connectivity index (χ3n) is 4.59. The lowest BCUT2D eigenvalue weighted by molar-refractivity contribution is -0.119. The molecule has 0 aliphatic heterocycles. The molecule has 0 fully saturated rings. The number of hydrogen-bond donors (Lipinski definition) is 2. The Morgan fingerprint density at radius 3 is 2.43 bits per heavy atom. The fraction of sp³-hybridized carbons (Fsp3) is 0.300. The number of aromatic nitrogens is 3. The van der Waals surface area contributed by atoms with Crippen LogP contribution in [-0.2, 0) is 11.8 Å². The van der Waals surface area contributed by atoms with Crippen LogP contribution in [0, 0.1) is 13.8 Å². The van der Waals surface area contributed by atoms with Crippen molar-refractivity contribution in [2.24, 2.45) is 7.05 Å². The van der Waals surface area contributed by atoms with Crippen LogP contribution in [0.15, 0.2) is 29.6 Å². The summed E-state index contributed by atoms with van der Waals surface area (Å²) in [5.41, 5.74) is 4.84. The van der Waals surface area contributed by atoms with Gasteiger partial charge in [0, 0.05) is 30.6 Å². The molecule has 2 aromatic heterocycles. The lowest BCUT2D eigenvalue weighted by Gasteiger charge is -2.13. The fourth-order valence-corrected chi connectivity index (χ4v) is 3.77. The van der Waals surface area contributed by atoms with Crippen molar-refractivity contribution in [3.63, 3.8) is 0 Å². The fourth-order valence-electron chi connectivity index (χ4n) is 3.06. The third kappa shape index (κ3) is 4.12. The van der Waals surface area contributed by atoms with Gasteiger partial charge >= 0.3 is 0 Å². The molecule has 0 radical (unpaired) electrons. The number of nitrogens with zero attached hydrogens (tertiary/aromatic N) is 3. The molecule has 0 aliphatic carbocycles. The van der Waals surface area contributed by atoms with E-state index in [2.05, 4.69) is 20.7 Å². The number of anilines is 1. The van der Waals surface area contributed by atoms with Gasteiger partial charge in [0.15, 0.2) is 5.13 Å². The van der Waals surface area contributed by atoms with Gasteiger partial charge in [0.05, 0.1) is 23.0 Å². The Morgan fingerprint density at radius 1 is 1.18 bits per heavy atom. The highest BCUT2D eigenvalue weighted by atomic mass is 32.1. The summed E-state index contributed by atoms with van der Waals surface area (Å²) in [6.45, 7) is 7.13. The molecule has 2 N–H and O–H groups in total. The molecule has 7 nitrogen and oxygen atoms in total. The number of benzene rings is 1. The number of carbonyl (C=O) groups excluding carboxylic acids is 2. The highest BCUT2D eigenvalue weighted by molar-refractivity contribution is 7.14. The highest BCUT2D eigenvalue weighted by Crippen LogP contribution is 2.27. The van der Waals surface area contributed by atoms with Gasteiger partial charge in [0.2, 0.25) is 5.91 Å². The van der Waals surface area contributed by atoms with E-state index in [0.717, 1.165) is 22.5 Å². The van der Waals surface area contributed by atoms with Crippen LogP contribution in [0.5, 0.6) is 0 Å². The Kier molecular flexibility index (Phi) is 5.60. The number of amides is 2. The van der Waals surface area contributed by atoms with Crippen molar-refractivity contribution in [3.05, 3.63) is 52.2 Å². The average molecular weight is 398 g/mol. The summed E-state index contributed by atoms with van der Waals surface area (Å²) >= 11 is 1.38. The smallest absolute Gasteiger partial charge is 0.261 e. The predicted molar refractivity (Wildman–Crippen MR) is 110 cm³/mol. The summed E-state index contributed by atoms with van der Waals surface area (Å²) in [5.74, 6) is -0.265. The highest BCUT2D eigenvalue weighted by Gasteiger charge is 2.18. The number of thiazole rings is 1. The molecule has 28 heavy (non-hydrogen) atoms. The molecule has 146 valence electrons. The SMILES string of the molecule is CC(=O)N[C@H](C)c1ccc(-c2csc(NC(=O)c3c(C)nn(C)c3C)n2)cc1. The van der Waals surface area contributed by atoms with Gasteiger partial charge in [-0.3, -0.25) is 19.6 Å².